The van der Waals surface area contributed by atoms with Gasteiger partial charge in [0.15, 0.2) is 0 Å². The molecule has 0 bridgehead atoms. The zero-order valence-electron chi connectivity index (χ0n) is 14.4. The van der Waals surface area contributed by atoms with Crippen molar-refractivity contribution in [3.05, 3.63) is 89.5 Å². The van der Waals surface area contributed by atoms with E-state index in [4.69, 9.17) is 11.0 Å². The summed E-state index contributed by atoms with van der Waals surface area (Å²) < 4.78 is 0. The van der Waals surface area contributed by atoms with Gasteiger partial charge in [-0.25, -0.2) is 0 Å². The fraction of sp³-hybridized carbons (Fsp3) is 0. The minimum absolute atomic E-state index is 0.196. The number of nitriles is 1. The summed E-state index contributed by atoms with van der Waals surface area (Å²) in [4.78, 5) is 12.8. The minimum Gasteiger partial charge on any atom is -0.399 e. The lowest BCUT2D eigenvalue weighted by Crippen LogP contribution is -2.10. The molecule has 5 nitrogen and oxygen atoms in total. The number of benzene rings is 3. The molecule has 0 aromatic heterocycles. The third kappa shape index (κ3) is 3.12. The predicted molar refractivity (Wildman–Crippen MR) is 108 cm³/mol. The number of fused-ring (bicyclic) bond motifs is 1. The number of rotatable bonds is 3. The van der Waals surface area contributed by atoms with Crippen LogP contribution < -0.4 is 16.4 Å². The summed E-state index contributed by atoms with van der Waals surface area (Å²) >= 11 is 0. The molecule has 3 aromatic rings. The van der Waals surface area contributed by atoms with Crippen LogP contribution in [0.3, 0.4) is 0 Å². The number of nitrogens with one attached hydrogen (secondary N) is 2. The van der Waals surface area contributed by atoms with Gasteiger partial charge in [-0.3, -0.25) is 4.79 Å². The first-order valence-corrected chi connectivity index (χ1v) is 8.44. The molecule has 0 saturated heterocycles. The number of hydrogen-bond donors (Lipinski definition) is 3. The number of carbonyl (C=O) groups excluding carboxylic acids is 1. The van der Waals surface area contributed by atoms with Crippen LogP contribution in [0.15, 0.2) is 72.8 Å². The molecule has 0 fully saturated rings. The maximum atomic E-state index is 12.8. The van der Waals surface area contributed by atoms with Gasteiger partial charge in [0, 0.05) is 22.6 Å². The fourth-order valence-corrected chi connectivity index (χ4v) is 3.13. The average molecular weight is 352 g/mol. The Morgan fingerprint density at radius 3 is 2.59 bits per heavy atom. The molecule has 0 atom stereocenters. The van der Waals surface area contributed by atoms with Crippen molar-refractivity contribution in [3.63, 3.8) is 0 Å². The molecule has 0 unspecified atom stereocenters. The summed E-state index contributed by atoms with van der Waals surface area (Å²) in [5.74, 6) is -0.196. The molecule has 0 saturated carbocycles. The molecule has 27 heavy (non-hydrogen) atoms. The van der Waals surface area contributed by atoms with Crippen LogP contribution in [-0.2, 0) is 4.79 Å². The van der Waals surface area contributed by atoms with Crippen LogP contribution in [0, 0.1) is 11.3 Å². The van der Waals surface area contributed by atoms with E-state index in [1.165, 1.54) is 0 Å². The van der Waals surface area contributed by atoms with Crippen molar-refractivity contribution in [1.82, 2.24) is 0 Å². The Morgan fingerprint density at radius 2 is 1.81 bits per heavy atom. The van der Waals surface area contributed by atoms with E-state index in [0.29, 0.717) is 22.5 Å². The lowest BCUT2D eigenvalue weighted by atomic mass is 9.99. The highest BCUT2D eigenvalue weighted by Gasteiger charge is 2.28. The van der Waals surface area contributed by atoms with Crippen LogP contribution in [0.25, 0.3) is 11.3 Å². The summed E-state index contributed by atoms with van der Waals surface area (Å²) in [5.41, 5.74) is 11.3. The van der Waals surface area contributed by atoms with Crippen LogP contribution in [0.2, 0.25) is 0 Å². The highest BCUT2D eigenvalue weighted by molar-refractivity contribution is 6.37. The molecule has 130 valence electrons. The average Bonchev–Trinajstić information content (AvgIpc) is 3.02. The summed E-state index contributed by atoms with van der Waals surface area (Å²) in [6, 6.07) is 24.2. The van der Waals surface area contributed by atoms with E-state index in [1.54, 1.807) is 36.4 Å². The van der Waals surface area contributed by atoms with E-state index in [9.17, 15) is 4.79 Å². The Balaban J connectivity index is 1.92. The number of hydrogen-bond acceptors (Lipinski definition) is 4. The summed E-state index contributed by atoms with van der Waals surface area (Å²) in [5, 5.41) is 15.4. The van der Waals surface area contributed by atoms with Gasteiger partial charge in [0.05, 0.1) is 22.9 Å². The van der Waals surface area contributed by atoms with Crippen LogP contribution in [0.4, 0.5) is 17.1 Å². The first-order chi connectivity index (χ1) is 13.2. The van der Waals surface area contributed by atoms with Crippen molar-refractivity contribution < 1.29 is 4.79 Å². The summed E-state index contributed by atoms with van der Waals surface area (Å²) in [7, 11) is 0. The number of anilines is 3. The van der Waals surface area contributed by atoms with Crippen molar-refractivity contribution in [2.75, 3.05) is 16.4 Å². The monoisotopic (exact) mass is 352 g/mol. The third-order valence-electron chi connectivity index (χ3n) is 4.36. The fourth-order valence-electron chi connectivity index (χ4n) is 3.13. The molecule has 4 N–H and O–H groups in total. The lowest BCUT2D eigenvalue weighted by molar-refractivity contribution is -0.110. The number of nitrogens with zero attached hydrogens (tertiary/aromatic N) is 1. The molecule has 0 aliphatic carbocycles. The van der Waals surface area contributed by atoms with Gasteiger partial charge < -0.3 is 16.4 Å². The van der Waals surface area contributed by atoms with Gasteiger partial charge in [-0.05, 0) is 42.0 Å². The van der Waals surface area contributed by atoms with Crippen molar-refractivity contribution >= 4 is 34.2 Å². The van der Waals surface area contributed by atoms with Crippen molar-refractivity contribution in [2.45, 2.75) is 0 Å². The van der Waals surface area contributed by atoms with Crippen LogP contribution >= 0.6 is 0 Å². The third-order valence-corrected chi connectivity index (χ3v) is 4.36. The molecule has 3 aromatic carbocycles. The first-order valence-electron chi connectivity index (χ1n) is 8.44. The molecule has 0 radical (unpaired) electrons. The summed E-state index contributed by atoms with van der Waals surface area (Å²) in [6.07, 6.45) is 0. The van der Waals surface area contributed by atoms with Crippen LogP contribution in [0.1, 0.15) is 16.7 Å². The maximum Gasteiger partial charge on any atom is 0.258 e. The standard InChI is InChI=1S/C22H16N4O/c23-13-14-5-4-8-17(11-14)25-21(15-6-2-1-3-7-15)20-18-12-16(24)9-10-19(18)26-22(20)27/h1-12,25H,24H2,(H,26,27). The molecule has 1 aliphatic heterocycles. The zero-order chi connectivity index (χ0) is 18.8. The normalized spacial score (nSPS) is 14.1. The lowest BCUT2D eigenvalue weighted by Gasteiger charge is -2.15. The quantitative estimate of drug-likeness (QED) is 0.489. The van der Waals surface area contributed by atoms with Gasteiger partial charge in [0.1, 0.15) is 0 Å². The van der Waals surface area contributed by atoms with Gasteiger partial charge in [-0.15, -0.1) is 0 Å². The second kappa shape index (κ2) is 6.70. The van der Waals surface area contributed by atoms with Gasteiger partial charge in [-0.2, -0.15) is 5.26 Å². The van der Waals surface area contributed by atoms with Crippen molar-refractivity contribution in [3.8, 4) is 6.07 Å². The van der Waals surface area contributed by atoms with Gasteiger partial charge >= 0.3 is 0 Å². The van der Waals surface area contributed by atoms with Gasteiger partial charge in [0.25, 0.3) is 5.91 Å². The van der Waals surface area contributed by atoms with Crippen molar-refractivity contribution in [2.24, 2.45) is 0 Å². The van der Waals surface area contributed by atoms with Crippen molar-refractivity contribution in [1.29, 1.82) is 5.26 Å². The molecular formula is C22H16N4O. The number of carbonyl (C=O) groups is 1. The van der Waals surface area contributed by atoms with Gasteiger partial charge in [-0.1, -0.05) is 36.4 Å². The molecule has 1 heterocycles. The smallest absolute Gasteiger partial charge is 0.258 e. The van der Waals surface area contributed by atoms with Crippen LogP contribution in [0.5, 0.6) is 0 Å². The minimum atomic E-state index is -0.196. The number of amides is 1. The van der Waals surface area contributed by atoms with E-state index in [-0.39, 0.29) is 5.91 Å². The topological polar surface area (TPSA) is 90.9 Å². The molecule has 4 rings (SSSR count). The molecular weight excluding hydrogens is 336 g/mol. The van der Waals surface area contributed by atoms with Crippen LogP contribution in [-0.4, -0.2) is 5.91 Å². The Morgan fingerprint density at radius 1 is 1.00 bits per heavy atom. The Hall–Kier alpha value is -4.04. The first kappa shape index (κ1) is 16.4. The zero-order valence-corrected chi connectivity index (χ0v) is 14.4. The second-order valence-electron chi connectivity index (χ2n) is 6.19. The molecule has 1 amide bonds. The number of nitrogens with two attached hydrogens (primary N) is 1. The van der Waals surface area contributed by atoms with E-state index in [2.05, 4.69) is 16.7 Å². The highest BCUT2D eigenvalue weighted by atomic mass is 16.2. The predicted octanol–water partition coefficient (Wildman–Crippen LogP) is 4.07. The number of nitrogen functional groups attached to an aromatic ring is 1. The van der Waals surface area contributed by atoms with E-state index in [1.807, 2.05) is 36.4 Å². The largest absolute Gasteiger partial charge is 0.399 e. The Bertz CT molecular complexity index is 1110. The van der Waals surface area contributed by atoms with E-state index in [0.717, 1.165) is 22.5 Å². The molecule has 0 spiro atoms. The molecule has 5 heteroatoms. The second-order valence-corrected chi connectivity index (χ2v) is 6.19. The van der Waals surface area contributed by atoms with E-state index < -0.39 is 0 Å². The van der Waals surface area contributed by atoms with Gasteiger partial charge in [0.2, 0.25) is 0 Å². The molecule has 1 aliphatic rings. The Kier molecular flexibility index (Phi) is 4.07. The highest BCUT2D eigenvalue weighted by Crippen LogP contribution is 2.38. The Labute approximate surface area is 156 Å². The van der Waals surface area contributed by atoms with E-state index >= 15 is 0 Å². The summed E-state index contributed by atoms with van der Waals surface area (Å²) in [6.45, 7) is 0. The SMILES string of the molecule is N#Cc1cccc(NC(=C2C(=O)Nc3ccc(N)cc32)c2ccccc2)c1. The maximum absolute atomic E-state index is 12.8.